The molecule has 0 aromatic carbocycles. The number of rotatable bonds is 5. The number of imide groups is 1. The predicted octanol–water partition coefficient (Wildman–Crippen LogP) is 0.0484. The topological polar surface area (TPSA) is 81.9 Å². The zero-order valence-electron chi connectivity index (χ0n) is 11.2. The maximum absolute atomic E-state index is 11.5. The van der Waals surface area contributed by atoms with Gasteiger partial charge in [-0.1, -0.05) is 0 Å². The monoisotopic (exact) mass is 270 g/mol. The summed E-state index contributed by atoms with van der Waals surface area (Å²) in [5, 5.41) is 0. The molecule has 6 nitrogen and oxygen atoms in total. The summed E-state index contributed by atoms with van der Waals surface area (Å²) in [6.45, 7) is 1.02. The zero-order chi connectivity index (χ0) is 13.7. The Labute approximate surface area is 113 Å². The largest absolute Gasteiger partial charge is 0.378 e. The lowest BCUT2D eigenvalue weighted by atomic mass is 9.94. The lowest BCUT2D eigenvalue weighted by molar-refractivity contribution is -0.158. The molecule has 1 saturated heterocycles. The van der Waals surface area contributed by atoms with Crippen LogP contribution in [0.3, 0.4) is 0 Å². The van der Waals surface area contributed by atoms with E-state index in [0.29, 0.717) is 25.6 Å². The molecule has 0 aromatic heterocycles. The number of amides is 2. The number of carbonyl (C=O) groups is 2. The molecule has 2 fully saturated rings. The van der Waals surface area contributed by atoms with Gasteiger partial charge in [-0.15, -0.1) is 0 Å². The van der Waals surface area contributed by atoms with Crippen molar-refractivity contribution >= 4 is 11.8 Å². The van der Waals surface area contributed by atoms with Crippen LogP contribution in [0.1, 0.15) is 32.1 Å². The molecule has 1 aliphatic heterocycles. The van der Waals surface area contributed by atoms with Crippen molar-refractivity contribution in [2.24, 2.45) is 5.73 Å². The Bertz CT molecular complexity index is 311. The second kappa shape index (κ2) is 6.98. The number of morpholine rings is 1. The number of nitrogens with zero attached hydrogens (tertiary/aromatic N) is 1. The van der Waals surface area contributed by atoms with Crippen LogP contribution < -0.4 is 5.73 Å². The second-order valence-corrected chi connectivity index (χ2v) is 5.19. The highest BCUT2D eigenvalue weighted by atomic mass is 16.5. The quantitative estimate of drug-likeness (QED) is 0.564. The normalized spacial score (nSPS) is 28.8. The molecule has 19 heavy (non-hydrogen) atoms. The van der Waals surface area contributed by atoms with Gasteiger partial charge in [0.15, 0.2) is 0 Å². The van der Waals surface area contributed by atoms with Crippen LogP contribution in [0.2, 0.25) is 0 Å². The highest BCUT2D eigenvalue weighted by Crippen LogP contribution is 2.19. The molecule has 2 N–H and O–H groups in total. The fourth-order valence-electron chi connectivity index (χ4n) is 2.50. The predicted molar refractivity (Wildman–Crippen MR) is 68.3 cm³/mol. The maximum atomic E-state index is 11.5. The summed E-state index contributed by atoms with van der Waals surface area (Å²) in [6.07, 6.45) is 5.03. The molecule has 6 heteroatoms. The fraction of sp³-hybridized carbons (Fsp3) is 0.846. The molecule has 1 aliphatic carbocycles. The average Bonchev–Trinajstić information content (AvgIpc) is 2.39. The van der Waals surface area contributed by atoms with Crippen molar-refractivity contribution in [3.63, 3.8) is 0 Å². The van der Waals surface area contributed by atoms with E-state index in [1.165, 1.54) is 4.90 Å². The molecule has 2 aliphatic rings. The minimum absolute atomic E-state index is 0.00705. The van der Waals surface area contributed by atoms with E-state index in [2.05, 4.69) is 0 Å². The van der Waals surface area contributed by atoms with Crippen molar-refractivity contribution < 1.29 is 19.1 Å². The lowest BCUT2D eigenvalue weighted by Gasteiger charge is -2.27. The first-order valence-corrected chi connectivity index (χ1v) is 6.95. The van der Waals surface area contributed by atoms with E-state index in [-0.39, 0.29) is 31.1 Å². The molecule has 0 atom stereocenters. The van der Waals surface area contributed by atoms with Crippen LogP contribution in [0.15, 0.2) is 0 Å². The summed E-state index contributed by atoms with van der Waals surface area (Å²) in [6, 6.07) is 0.323. The SMILES string of the molecule is NC1CCC(OCCCN2C(=O)COCC2=O)CC1. The van der Waals surface area contributed by atoms with Gasteiger partial charge in [0.2, 0.25) is 0 Å². The third kappa shape index (κ3) is 4.26. The van der Waals surface area contributed by atoms with Crippen molar-refractivity contribution in [3.8, 4) is 0 Å². The Balaban J connectivity index is 1.61. The Hall–Kier alpha value is -0.980. The molecule has 0 aromatic rings. The molecule has 1 heterocycles. The number of nitrogens with two attached hydrogens (primary N) is 1. The van der Waals surface area contributed by atoms with E-state index in [0.717, 1.165) is 25.7 Å². The molecule has 0 radical (unpaired) electrons. The molecule has 2 amide bonds. The van der Waals surface area contributed by atoms with Crippen LogP contribution in [0.4, 0.5) is 0 Å². The molecule has 0 bridgehead atoms. The van der Waals surface area contributed by atoms with E-state index in [1.54, 1.807) is 0 Å². The van der Waals surface area contributed by atoms with Gasteiger partial charge in [-0.2, -0.15) is 0 Å². The van der Waals surface area contributed by atoms with E-state index in [4.69, 9.17) is 15.2 Å². The first-order chi connectivity index (χ1) is 9.16. The number of ether oxygens (including phenoxy) is 2. The molecular formula is C13H22N2O4. The van der Waals surface area contributed by atoms with Gasteiger partial charge in [0.25, 0.3) is 11.8 Å². The van der Waals surface area contributed by atoms with Crippen molar-refractivity contribution in [2.75, 3.05) is 26.4 Å². The molecule has 1 saturated carbocycles. The number of hydrogen-bond acceptors (Lipinski definition) is 5. The smallest absolute Gasteiger partial charge is 0.255 e. The van der Waals surface area contributed by atoms with Gasteiger partial charge in [-0.25, -0.2) is 0 Å². The van der Waals surface area contributed by atoms with Crippen LogP contribution in [0.25, 0.3) is 0 Å². The van der Waals surface area contributed by atoms with Gasteiger partial charge < -0.3 is 15.2 Å². The lowest BCUT2D eigenvalue weighted by Crippen LogP contribution is -2.46. The van der Waals surface area contributed by atoms with Crippen molar-refractivity contribution in [1.82, 2.24) is 4.90 Å². The van der Waals surface area contributed by atoms with E-state index < -0.39 is 0 Å². The van der Waals surface area contributed by atoms with Crippen molar-refractivity contribution in [2.45, 2.75) is 44.2 Å². The summed E-state index contributed by atoms with van der Waals surface area (Å²) in [5.41, 5.74) is 5.83. The summed E-state index contributed by atoms with van der Waals surface area (Å²) >= 11 is 0. The molecule has 2 rings (SSSR count). The Morgan fingerprint density at radius 2 is 1.79 bits per heavy atom. The van der Waals surface area contributed by atoms with Crippen molar-refractivity contribution in [3.05, 3.63) is 0 Å². The van der Waals surface area contributed by atoms with E-state index in [1.807, 2.05) is 0 Å². The zero-order valence-corrected chi connectivity index (χ0v) is 11.2. The van der Waals surface area contributed by atoms with Gasteiger partial charge in [0, 0.05) is 19.2 Å². The average molecular weight is 270 g/mol. The van der Waals surface area contributed by atoms with Gasteiger partial charge in [-0.3, -0.25) is 14.5 Å². The first-order valence-electron chi connectivity index (χ1n) is 6.95. The first kappa shape index (κ1) is 14.4. The van der Waals surface area contributed by atoms with Crippen LogP contribution in [-0.2, 0) is 19.1 Å². The van der Waals surface area contributed by atoms with Crippen LogP contribution >= 0.6 is 0 Å². The minimum atomic E-state index is -0.250. The number of hydrogen-bond donors (Lipinski definition) is 1. The third-order valence-electron chi connectivity index (χ3n) is 3.65. The molecule has 0 spiro atoms. The highest BCUT2D eigenvalue weighted by Gasteiger charge is 2.26. The standard InChI is InChI=1S/C13H22N2O4/c14-10-2-4-11(5-3-10)19-7-1-6-15-12(16)8-18-9-13(15)17/h10-11H,1-9,14H2. The Morgan fingerprint density at radius 1 is 1.16 bits per heavy atom. The molecule has 0 unspecified atom stereocenters. The third-order valence-corrected chi connectivity index (χ3v) is 3.65. The van der Waals surface area contributed by atoms with Crippen LogP contribution in [-0.4, -0.2) is 55.2 Å². The number of carbonyl (C=O) groups excluding carboxylic acids is 2. The molecular weight excluding hydrogens is 248 g/mol. The summed E-state index contributed by atoms with van der Waals surface area (Å²) in [7, 11) is 0. The Morgan fingerprint density at radius 3 is 2.42 bits per heavy atom. The van der Waals surface area contributed by atoms with Crippen LogP contribution in [0.5, 0.6) is 0 Å². The minimum Gasteiger partial charge on any atom is -0.378 e. The second-order valence-electron chi connectivity index (χ2n) is 5.19. The van der Waals surface area contributed by atoms with Gasteiger partial charge in [0.1, 0.15) is 13.2 Å². The van der Waals surface area contributed by atoms with Crippen LogP contribution in [0, 0.1) is 0 Å². The molecule has 108 valence electrons. The van der Waals surface area contributed by atoms with Crippen molar-refractivity contribution in [1.29, 1.82) is 0 Å². The highest BCUT2D eigenvalue weighted by molar-refractivity contribution is 5.98. The Kier molecular flexibility index (Phi) is 5.30. The summed E-state index contributed by atoms with van der Waals surface area (Å²) < 4.78 is 10.6. The summed E-state index contributed by atoms with van der Waals surface area (Å²) in [5.74, 6) is -0.500. The summed E-state index contributed by atoms with van der Waals surface area (Å²) in [4.78, 5) is 24.2. The van der Waals surface area contributed by atoms with Gasteiger partial charge >= 0.3 is 0 Å². The van der Waals surface area contributed by atoms with Gasteiger partial charge in [-0.05, 0) is 32.1 Å². The van der Waals surface area contributed by atoms with E-state index >= 15 is 0 Å². The fourth-order valence-corrected chi connectivity index (χ4v) is 2.50. The maximum Gasteiger partial charge on any atom is 0.255 e. The van der Waals surface area contributed by atoms with Gasteiger partial charge in [0.05, 0.1) is 6.10 Å². The van der Waals surface area contributed by atoms with E-state index in [9.17, 15) is 9.59 Å².